The first-order valence-corrected chi connectivity index (χ1v) is 4.10. The van der Waals surface area contributed by atoms with E-state index in [4.69, 9.17) is 0 Å². The fraction of sp³-hybridized carbons (Fsp3) is 0.667. The lowest BCUT2D eigenvalue weighted by molar-refractivity contribution is -0.117. The van der Waals surface area contributed by atoms with Crippen molar-refractivity contribution in [2.45, 2.75) is 33.6 Å². The van der Waals surface area contributed by atoms with Crippen LogP contribution >= 0.6 is 0 Å². The second kappa shape index (κ2) is 10.8. The van der Waals surface area contributed by atoms with Crippen molar-refractivity contribution in [1.29, 1.82) is 0 Å². The van der Waals surface area contributed by atoms with Crippen LogP contribution in [-0.4, -0.2) is 24.9 Å². The molecule has 76 valence electrons. The Morgan fingerprint density at radius 1 is 1.46 bits per heavy atom. The summed E-state index contributed by atoms with van der Waals surface area (Å²) in [6.45, 7) is 5.18. The van der Waals surface area contributed by atoms with E-state index in [0.29, 0.717) is 12.0 Å². The average molecular weight is 187 g/mol. The van der Waals surface area contributed by atoms with Gasteiger partial charge in [0.15, 0.2) is 6.29 Å². The van der Waals surface area contributed by atoms with Crippen molar-refractivity contribution in [3.63, 3.8) is 0 Å². The lowest BCUT2D eigenvalue weighted by atomic mass is 10.3. The zero-order valence-electron chi connectivity index (χ0n) is 8.66. The van der Waals surface area contributed by atoms with Gasteiger partial charge < -0.3 is 9.63 Å². The van der Waals surface area contributed by atoms with Gasteiger partial charge in [0, 0.05) is 6.42 Å². The molecular weight excluding hydrogens is 170 g/mol. The van der Waals surface area contributed by atoms with Crippen molar-refractivity contribution in [1.82, 2.24) is 0 Å². The number of hydrogen-bond donors (Lipinski definition) is 0. The maximum absolute atomic E-state index is 10.0. The molecule has 0 aromatic carbocycles. The third-order valence-electron chi connectivity index (χ3n) is 1.01. The van der Waals surface area contributed by atoms with Gasteiger partial charge in [0.1, 0.15) is 18.6 Å². The molecule has 0 aliphatic heterocycles. The maximum atomic E-state index is 10.0. The van der Waals surface area contributed by atoms with Crippen molar-refractivity contribution < 1.29 is 14.4 Å². The van der Waals surface area contributed by atoms with Crippen molar-refractivity contribution in [3.05, 3.63) is 0 Å². The minimum absolute atomic E-state index is 0.289. The molecule has 0 atom stereocenters. The van der Waals surface area contributed by atoms with Crippen LogP contribution in [0.2, 0.25) is 0 Å². The number of ketones is 1. The SMILES string of the molecule is CCCC(C)=O.CON=C(C)C=O. The normalized spacial score (nSPS) is 9.69. The van der Waals surface area contributed by atoms with Gasteiger partial charge in [0.25, 0.3) is 0 Å². The Morgan fingerprint density at radius 3 is 2.08 bits per heavy atom. The Morgan fingerprint density at radius 2 is 2.00 bits per heavy atom. The second-order valence-electron chi connectivity index (χ2n) is 2.49. The number of carbonyl (C=O) groups excluding carboxylic acids is 2. The first-order chi connectivity index (χ1) is 6.08. The summed E-state index contributed by atoms with van der Waals surface area (Å²) in [5.74, 6) is 0.289. The zero-order valence-corrected chi connectivity index (χ0v) is 8.66. The lowest BCUT2D eigenvalue weighted by Gasteiger charge is -1.82. The van der Waals surface area contributed by atoms with E-state index < -0.39 is 0 Å². The summed E-state index contributed by atoms with van der Waals surface area (Å²) in [6.07, 6.45) is 2.35. The molecule has 4 heteroatoms. The van der Waals surface area contributed by atoms with Gasteiger partial charge in [-0.3, -0.25) is 4.79 Å². The fourth-order valence-electron chi connectivity index (χ4n) is 0.518. The van der Waals surface area contributed by atoms with E-state index in [2.05, 4.69) is 9.99 Å². The van der Waals surface area contributed by atoms with Crippen LogP contribution in [0, 0.1) is 0 Å². The van der Waals surface area contributed by atoms with Crippen LogP contribution < -0.4 is 0 Å². The average Bonchev–Trinajstić information content (AvgIpc) is 2.05. The largest absolute Gasteiger partial charge is 0.399 e. The molecule has 13 heavy (non-hydrogen) atoms. The Kier molecular flexibility index (Phi) is 11.9. The van der Waals surface area contributed by atoms with Crippen molar-refractivity contribution in [2.75, 3.05) is 7.11 Å². The molecule has 0 N–H and O–H groups in total. The minimum atomic E-state index is 0.289. The molecule has 0 spiro atoms. The Balaban J connectivity index is 0. The summed E-state index contributed by atoms with van der Waals surface area (Å²) in [7, 11) is 1.40. The molecule has 0 amide bonds. The zero-order chi connectivity index (χ0) is 10.7. The van der Waals surface area contributed by atoms with E-state index in [1.54, 1.807) is 13.8 Å². The topological polar surface area (TPSA) is 55.7 Å². The van der Waals surface area contributed by atoms with Crippen LogP contribution in [0.4, 0.5) is 0 Å². The van der Waals surface area contributed by atoms with E-state index in [-0.39, 0.29) is 5.78 Å². The van der Waals surface area contributed by atoms with Gasteiger partial charge in [-0.2, -0.15) is 0 Å². The van der Waals surface area contributed by atoms with Gasteiger partial charge in [-0.15, -0.1) is 0 Å². The molecule has 0 fully saturated rings. The highest BCUT2D eigenvalue weighted by Gasteiger charge is 1.83. The van der Waals surface area contributed by atoms with Crippen LogP contribution in [0.1, 0.15) is 33.6 Å². The molecule has 0 rings (SSSR count). The number of hydrogen-bond acceptors (Lipinski definition) is 4. The molecular formula is C9H17NO3. The molecule has 0 bridgehead atoms. The van der Waals surface area contributed by atoms with Gasteiger partial charge in [-0.25, -0.2) is 0 Å². The summed E-state index contributed by atoms with van der Waals surface area (Å²) in [5, 5.41) is 3.29. The van der Waals surface area contributed by atoms with E-state index in [1.807, 2.05) is 6.92 Å². The fourth-order valence-corrected chi connectivity index (χ4v) is 0.518. The molecule has 4 nitrogen and oxygen atoms in total. The molecule has 0 heterocycles. The van der Waals surface area contributed by atoms with Crippen molar-refractivity contribution in [2.24, 2.45) is 5.16 Å². The molecule has 0 aliphatic carbocycles. The quantitative estimate of drug-likeness (QED) is 0.381. The molecule has 0 unspecified atom stereocenters. The standard InChI is InChI=1S/C5H10O.C4H7NO2/c1-3-4-5(2)6;1-4(3-6)5-7-2/h3-4H2,1-2H3;3H,1-2H3. The summed E-state index contributed by atoms with van der Waals surface area (Å²) in [4.78, 5) is 24.0. The highest BCUT2D eigenvalue weighted by atomic mass is 16.6. The van der Waals surface area contributed by atoms with Crippen LogP contribution in [-0.2, 0) is 14.4 Å². The summed E-state index contributed by atoms with van der Waals surface area (Å²) in [5.41, 5.74) is 0.350. The lowest BCUT2D eigenvalue weighted by Crippen LogP contribution is -1.90. The van der Waals surface area contributed by atoms with Crippen molar-refractivity contribution in [3.8, 4) is 0 Å². The first kappa shape index (κ1) is 14.3. The number of oxime groups is 1. The van der Waals surface area contributed by atoms with Gasteiger partial charge in [0.2, 0.25) is 0 Å². The molecule has 0 radical (unpaired) electrons. The molecule has 0 aliphatic rings. The third-order valence-corrected chi connectivity index (χ3v) is 1.01. The van der Waals surface area contributed by atoms with Gasteiger partial charge in [-0.05, 0) is 20.3 Å². The molecule has 0 aromatic rings. The molecule has 0 saturated heterocycles. The Labute approximate surface area is 79.0 Å². The van der Waals surface area contributed by atoms with E-state index in [1.165, 1.54) is 7.11 Å². The summed E-state index contributed by atoms with van der Waals surface area (Å²) < 4.78 is 0. The monoisotopic (exact) mass is 187 g/mol. The number of aldehydes is 1. The van der Waals surface area contributed by atoms with Crippen molar-refractivity contribution >= 4 is 17.8 Å². The maximum Gasteiger partial charge on any atom is 0.167 e. The minimum Gasteiger partial charge on any atom is -0.399 e. The first-order valence-electron chi connectivity index (χ1n) is 4.10. The molecule has 0 saturated carbocycles. The van der Waals surface area contributed by atoms with Crippen LogP contribution in [0.3, 0.4) is 0 Å². The van der Waals surface area contributed by atoms with E-state index >= 15 is 0 Å². The van der Waals surface area contributed by atoms with E-state index in [9.17, 15) is 9.59 Å². The highest BCUT2D eigenvalue weighted by Crippen LogP contribution is 1.84. The number of Topliss-reactive ketones (excluding diaryl/α,β-unsaturated/α-hetero) is 1. The smallest absolute Gasteiger partial charge is 0.167 e. The predicted octanol–water partition coefficient (Wildman–Crippen LogP) is 1.58. The third kappa shape index (κ3) is 18.1. The van der Waals surface area contributed by atoms with Gasteiger partial charge >= 0.3 is 0 Å². The Bertz CT molecular complexity index is 176. The Hall–Kier alpha value is -1.19. The van der Waals surface area contributed by atoms with Gasteiger partial charge in [0.05, 0.1) is 0 Å². The van der Waals surface area contributed by atoms with E-state index in [0.717, 1.165) is 12.8 Å². The van der Waals surface area contributed by atoms with Crippen LogP contribution in [0.25, 0.3) is 0 Å². The van der Waals surface area contributed by atoms with Crippen LogP contribution in [0.15, 0.2) is 5.16 Å². The second-order valence-corrected chi connectivity index (χ2v) is 2.49. The highest BCUT2D eigenvalue weighted by molar-refractivity contribution is 6.26. The predicted molar refractivity (Wildman–Crippen MR) is 51.8 cm³/mol. The summed E-state index contributed by atoms with van der Waals surface area (Å²) in [6, 6.07) is 0. The summed E-state index contributed by atoms with van der Waals surface area (Å²) >= 11 is 0. The van der Waals surface area contributed by atoms with Gasteiger partial charge in [-0.1, -0.05) is 12.1 Å². The van der Waals surface area contributed by atoms with Crippen LogP contribution in [0.5, 0.6) is 0 Å². The molecule has 0 aromatic heterocycles. The number of rotatable bonds is 4. The number of carbonyl (C=O) groups is 2. The number of nitrogens with zero attached hydrogens (tertiary/aromatic N) is 1.